The second-order valence-electron chi connectivity index (χ2n) is 4.82. The van der Waals surface area contributed by atoms with Crippen molar-refractivity contribution in [2.75, 3.05) is 13.7 Å². The van der Waals surface area contributed by atoms with Crippen LogP contribution in [0.5, 0.6) is 17.2 Å². The lowest BCUT2D eigenvalue weighted by Crippen LogP contribution is -1.94. The molecule has 0 fully saturated rings. The average molecular weight is 297 g/mol. The largest absolute Gasteiger partial charge is 0.508 e. The Balaban J connectivity index is 2.19. The van der Waals surface area contributed by atoms with Gasteiger partial charge in [-0.15, -0.1) is 0 Å². The molecule has 1 aromatic heterocycles. The van der Waals surface area contributed by atoms with E-state index in [0.717, 1.165) is 22.4 Å². The zero-order valence-corrected chi connectivity index (χ0v) is 12.5. The maximum Gasteiger partial charge on any atom is 0.368 e. The number of methoxy groups -OCH3 is 1. The van der Waals surface area contributed by atoms with Crippen molar-refractivity contribution in [1.29, 1.82) is 0 Å². The third-order valence-corrected chi connectivity index (χ3v) is 3.39. The summed E-state index contributed by atoms with van der Waals surface area (Å²) in [5.41, 5.74) is 1.55. The maximum atomic E-state index is 9.41. The summed E-state index contributed by atoms with van der Waals surface area (Å²) in [6.07, 6.45) is 0. The van der Waals surface area contributed by atoms with Crippen molar-refractivity contribution in [2.45, 2.75) is 6.92 Å². The molecule has 22 heavy (non-hydrogen) atoms. The molecule has 0 radical (unpaired) electrons. The molecule has 112 valence electrons. The monoisotopic (exact) mass is 297 g/mol. The number of aromatic hydroxyl groups is 1. The van der Waals surface area contributed by atoms with Crippen LogP contribution >= 0.6 is 0 Å². The first-order chi connectivity index (χ1) is 10.7. The second kappa shape index (κ2) is 5.93. The van der Waals surface area contributed by atoms with Gasteiger partial charge >= 0.3 is 11.3 Å². The molecule has 3 aromatic rings. The van der Waals surface area contributed by atoms with Crippen molar-refractivity contribution < 1.29 is 19.0 Å². The number of hydrogen-bond acceptors (Lipinski definition) is 3. The number of phenols is 1. The molecule has 0 aliphatic heterocycles. The Bertz CT molecular complexity index is 794. The lowest BCUT2D eigenvalue weighted by molar-refractivity contribution is 0.342. The zero-order chi connectivity index (χ0) is 15.5. The Morgan fingerprint density at radius 3 is 2.50 bits per heavy atom. The predicted octanol–water partition coefficient (Wildman–Crippen LogP) is 4.49. The molecule has 0 saturated heterocycles. The van der Waals surface area contributed by atoms with Crippen LogP contribution in [0.15, 0.2) is 52.9 Å². The van der Waals surface area contributed by atoms with Gasteiger partial charge in [-0.3, -0.25) is 0 Å². The quantitative estimate of drug-likeness (QED) is 0.721. The van der Waals surface area contributed by atoms with E-state index in [1.807, 2.05) is 31.2 Å². The highest BCUT2D eigenvalue weighted by atomic mass is 16.5. The van der Waals surface area contributed by atoms with E-state index < -0.39 is 0 Å². The Hall–Kier alpha value is -2.75. The molecule has 0 aliphatic carbocycles. The van der Waals surface area contributed by atoms with Crippen LogP contribution in [-0.2, 0) is 0 Å². The molecule has 4 nitrogen and oxygen atoms in total. The van der Waals surface area contributed by atoms with E-state index in [2.05, 4.69) is 0 Å². The minimum atomic E-state index is 0.219. The second-order valence-corrected chi connectivity index (χ2v) is 4.82. The van der Waals surface area contributed by atoms with Gasteiger partial charge in [-0.25, -0.2) is 4.42 Å². The van der Waals surface area contributed by atoms with Crippen LogP contribution in [0.25, 0.3) is 22.3 Å². The average Bonchev–Trinajstić information content (AvgIpc) is 2.55. The molecular formula is C18H17O4+. The summed E-state index contributed by atoms with van der Waals surface area (Å²) in [6.45, 7) is 2.51. The lowest BCUT2D eigenvalue weighted by Gasteiger charge is -2.05. The van der Waals surface area contributed by atoms with Crippen LogP contribution in [0.1, 0.15) is 6.92 Å². The molecule has 0 unspecified atom stereocenters. The Labute approximate surface area is 128 Å². The minimum absolute atomic E-state index is 0.219. The molecule has 0 saturated carbocycles. The fraction of sp³-hybridized carbons (Fsp3) is 0.167. The first kappa shape index (κ1) is 14.2. The van der Waals surface area contributed by atoms with Crippen molar-refractivity contribution in [3.63, 3.8) is 0 Å². The molecule has 3 rings (SSSR count). The Morgan fingerprint density at radius 1 is 1.05 bits per heavy atom. The number of rotatable bonds is 4. The SMILES string of the molecule is CCOc1cc(-c2ccc(O)cc2)[o+]c2cc(OC)ccc12. The third kappa shape index (κ3) is 2.68. The van der Waals surface area contributed by atoms with E-state index >= 15 is 0 Å². The van der Waals surface area contributed by atoms with E-state index in [-0.39, 0.29) is 5.75 Å². The van der Waals surface area contributed by atoms with Crippen LogP contribution in [0.2, 0.25) is 0 Å². The van der Waals surface area contributed by atoms with Gasteiger partial charge < -0.3 is 14.6 Å². The summed E-state index contributed by atoms with van der Waals surface area (Å²) in [4.78, 5) is 0. The van der Waals surface area contributed by atoms with Crippen LogP contribution in [-0.4, -0.2) is 18.8 Å². The molecule has 1 N–H and O–H groups in total. The van der Waals surface area contributed by atoms with Gasteiger partial charge in [-0.2, -0.15) is 0 Å². The van der Waals surface area contributed by atoms with Crippen LogP contribution in [0, 0.1) is 0 Å². The summed E-state index contributed by atoms with van der Waals surface area (Å²) in [5.74, 6) is 2.37. The number of ether oxygens (including phenoxy) is 2. The first-order valence-corrected chi connectivity index (χ1v) is 7.08. The van der Waals surface area contributed by atoms with E-state index in [1.54, 1.807) is 31.4 Å². The minimum Gasteiger partial charge on any atom is -0.508 e. The summed E-state index contributed by atoms with van der Waals surface area (Å²) < 4.78 is 17.0. The van der Waals surface area contributed by atoms with Gasteiger partial charge in [0.1, 0.15) is 22.6 Å². The number of benzene rings is 2. The molecule has 1 heterocycles. The third-order valence-electron chi connectivity index (χ3n) is 3.39. The van der Waals surface area contributed by atoms with Crippen molar-refractivity contribution in [2.24, 2.45) is 0 Å². The van der Waals surface area contributed by atoms with Crippen molar-refractivity contribution in [3.8, 4) is 28.6 Å². The van der Waals surface area contributed by atoms with Crippen molar-refractivity contribution >= 4 is 11.0 Å². The lowest BCUT2D eigenvalue weighted by atomic mass is 10.1. The molecule has 0 amide bonds. The number of hydrogen-bond donors (Lipinski definition) is 1. The smallest absolute Gasteiger partial charge is 0.368 e. The van der Waals surface area contributed by atoms with E-state index in [1.165, 1.54) is 0 Å². The molecule has 2 aromatic carbocycles. The molecule has 0 atom stereocenters. The summed E-state index contributed by atoms with van der Waals surface area (Å²) in [7, 11) is 1.62. The van der Waals surface area contributed by atoms with Gasteiger partial charge in [0.15, 0.2) is 0 Å². The van der Waals surface area contributed by atoms with Gasteiger partial charge in [0.25, 0.3) is 0 Å². The standard InChI is InChI=1S/C18H16O4/c1-3-21-17-11-16(12-4-6-13(19)7-5-12)22-18-10-14(20-2)8-9-15(17)18/h4-11H,3H2,1-2H3/p+1. The molecule has 0 spiro atoms. The molecule has 4 heteroatoms. The van der Waals surface area contributed by atoms with Gasteiger partial charge in [0, 0.05) is 0 Å². The molecule has 0 aliphatic rings. The van der Waals surface area contributed by atoms with Crippen molar-refractivity contribution in [1.82, 2.24) is 0 Å². The van der Waals surface area contributed by atoms with Gasteiger partial charge in [-0.1, -0.05) is 0 Å². The van der Waals surface area contributed by atoms with Gasteiger partial charge in [-0.05, 0) is 43.3 Å². The highest BCUT2D eigenvalue weighted by molar-refractivity contribution is 5.86. The highest BCUT2D eigenvalue weighted by Crippen LogP contribution is 2.34. The first-order valence-electron chi connectivity index (χ1n) is 7.08. The van der Waals surface area contributed by atoms with E-state index in [9.17, 15) is 5.11 Å². The maximum absolute atomic E-state index is 9.41. The van der Waals surface area contributed by atoms with Crippen LogP contribution < -0.4 is 9.47 Å². The summed E-state index contributed by atoms with van der Waals surface area (Å²) in [6, 6.07) is 14.4. The fourth-order valence-electron chi connectivity index (χ4n) is 2.31. The Morgan fingerprint density at radius 2 is 1.82 bits per heavy atom. The Kier molecular flexibility index (Phi) is 3.83. The topological polar surface area (TPSA) is 50.0 Å². The van der Waals surface area contributed by atoms with Gasteiger partial charge in [0.05, 0.1) is 31.4 Å². The fourth-order valence-corrected chi connectivity index (χ4v) is 2.31. The highest BCUT2D eigenvalue weighted by Gasteiger charge is 2.20. The zero-order valence-electron chi connectivity index (χ0n) is 12.5. The van der Waals surface area contributed by atoms with Crippen molar-refractivity contribution in [3.05, 3.63) is 48.5 Å². The van der Waals surface area contributed by atoms with Crippen LogP contribution in [0.4, 0.5) is 0 Å². The normalized spacial score (nSPS) is 10.6. The van der Waals surface area contributed by atoms with Gasteiger partial charge in [0.2, 0.25) is 0 Å². The summed E-state index contributed by atoms with van der Waals surface area (Å²) in [5, 5.41) is 10.3. The molecular weight excluding hydrogens is 280 g/mol. The van der Waals surface area contributed by atoms with E-state index in [0.29, 0.717) is 18.0 Å². The predicted molar refractivity (Wildman–Crippen MR) is 85.4 cm³/mol. The molecule has 0 bridgehead atoms. The van der Waals surface area contributed by atoms with Crippen LogP contribution in [0.3, 0.4) is 0 Å². The van der Waals surface area contributed by atoms with E-state index in [4.69, 9.17) is 13.9 Å². The number of fused-ring (bicyclic) bond motifs is 1. The number of phenolic OH excluding ortho intramolecular Hbond substituents is 1. The summed E-state index contributed by atoms with van der Waals surface area (Å²) >= 11 is 0.